The zero-order valence-corrected chi connectivity index (χ0v) is 13.8. The number of rotatable bonds is 4. The van der Waals surface area contributed by atoms with Gasteiger partial charge >= 0.3 is 15.6 Å². The molecule has 0 aromatic rings. The molecule has 0 radical (unpaired) electrons. The Labute approximate surface area is 130 Å². The van der Waals surface area contributed by atoms with Crippen molar-refractivity contribution in [2.24, 2.45) is 11.8 Å². The first-order valence-corrected chi connectivity index (χ1v) is 9.10. The van der Waals surface area contributed by atoms with Crippen molar-refractivity contribution in [3.05, 3.63) is 0 Å². The Balaban J connectivity index is 0.00000149. The molecule has 0 bridgehead atoms. The van der Waals surface area contributed by atoms with Crippen LogP contribution in [0.3, 0.4) is 0 Å². The smallest absolute Gasteiger partial charge is 0.390 e. The average molecular weight is 386 g/mol. The van der Waals surface area contributed by atoms with E-state index in [-0.39, 0.29) is 0 Å². The Morgan fingerprint density at radius 1 is 0.739 bits per heavy atom. The first kappa shape index (κ1) is 23.0. The molecule has 6 unspecified atom stereocenters. The number of phosphoric ester groups is 2. The molecule has 1 aliphatic rings. The first-order valence-electron chi connectivity index (χ1n) is 6.04. The second-order valence-electron chi connectivity index (χ2n) is 4.90. The van der Waals surface area contributed by atoms with Gasteiger partial charge in [0.05, 0.1) is 12.2 Å². The van der Waals surface area contributed by atoms with Crippen LogP contribution in [0.4, 0.5) is 0 Å². The molecule has 0 saturated heterocycles. The van der Waals surface area contributed by atoms with Gasteiger partial charge in [-0.3, -0.25) is 9.05 Å². The van der Waals surface area contributed by atoms with E-state index in [1.807, 2.05) is 0 Å². The second kappa shape index (κ2) is 8.92. The van der Waals surface area contributed by atoms with Crippen LogP contribution >= 0.6 is 15.6 Å². The molecule has 0 spiro atoms. The third kappa shape index (κ3) is 7.63. The zero-order chi connectivity index (χ0) is 18.6. The van der Waals surface area contributed by atoms with Crippen molar-refractivity contribution in [1.82, 2.24) is 0 Å². The van der Waals surface area contributed by atoms with Gasteiger partial charge in [0.15, 0.2) is 0 Å². The Kier molecular flexibility index (Phi) is 8.93. The molecule has 1 aliphatic carbocycles. The highest BCUT2D eigenvalue weighted by atomic mass is 31.2. The fraction of sp³-hybridized carbons (Fsp3) is 1.00. The Morgan fingerprint density at radius 2 is 0.957 bits per heavy atom. The van der Waals surface area contributed by atoms with Crippen LogP contribution in [-0.2, 0) is 23.2 Å². The van der Waals surface area contributed by atoms with Gasteiger partial charge in [0, 0.05) is 0 Å². The van der Waals surface area contributed by atoms with E-state index in [4.69, 9.17) is 30.1 Å². The molecule has 0 aliphatic heterocycles. The highest BCUT2D eigenvalue weighted by Gasteiger charge is 2.51. The van der Waals surface area contributed by atoms with Crippen molar-refractivity contribution >= 4 is 15.6 Å². The van der Waals surface area contributed by atoms with Gasteiger partial charge < -0.3 is 29.8 Å². The van der Waals surface area contributed by atoms with Crippen molar-refractivity contribution in [3.8, 4) is 0 Å². The maximum Gasteiger partial charge on any atom is 0.470 e. The minimum atomic E-state index is -5.05. The highest BCUT2D eigenvalue weighted by molar-refractivity contribution is 7.46. The van der Waals surface area contributed by atoms with Crippen LogP contribution in [-0.4, -0.2) is 64.7 Å². The van der Waals surface area contributed by atoms with Gasteiger partial charge in [-0.25, -0.2) is 19.6 Å². The van der Waals surface area contributed by atoms with Crippen LogP contribution in [0.5, 0.6) is 0 Å². The molecule has 1 fully saturated rings. The topological polar surface area (TPSA) is 224 Å². The fourth-order valence-electron chi connectivity index (χ4n) is 2.17. The molecule has 15 heteroatoms. The van der Waals surface area contributed by atoms with Gasteiger partial charge in [0.25, 0.3) is 0 Å². The molecule has 23 heavy (non-hydrogen) atoms. The number of hydrogen-bond donors (Lipinski definition) is 8. The Bertz CT molecular complexity index is 405. The predicted molar refractivity (Wildman–Crippen MR) is 70.5 cm³/mol. The van der Waals surface area contributed by atoms with Crippen LogP contribution in [0.15, 0.2) is 0 Å². The van der Waals surface area contributed by atoms with Gasteiger partial charge in [-0.2, -0.15) is 0 Å². The van der Waals surface area contributed by atoms with Crippen molar-refractivity contribution in [2.45, 2.75) is 38.3 Å². The summed E-state index contributed by atoms with van der Waals surface area (Å²) in [5.74, 6) is -1.25. The Hall–Kier alpha value is 0.0200. The molecule has 13 nitrogen and oxygen atoms in total. The van der Waals surface area contributed by atoms with E-state index in [1.165, 1.54) is 13.8 Å². The van der Waals surface area contributed by atoms with Gasteiger partial charge in [0.1, 0.15) is 12.2 Å². The van der Waals surface area contributed by atoms with Crippen LogP contribution in [0.25, 0.3) is 0 Å². The summed E-state index contributed by atoms with van der Waals surface area (Å²) in [5, 5.41) is 35.4. The molecular weight excluding hydrogens is 366 g/mol. The summed E-state index contributed by atoms with van der Waals surface area (Å²) in [4.78, 5) is 35.2. The summed E-state index contributed by atoms with van der Waals surface area (Å²) in [6.07, 6.45) is -6.50. The molecule has 8 N–H and O–H groups in total. The summed E-state index contributed by atoms with van der Waals surface area (Å²) in [6, 6.07) is 0. The molecule has 1 rings (SSSR count). The molecule has 1 saturated carbocycles. The van der Waals surface area contributed by atoms with Crippen LogP contribution < -0.4 is 0 Å². The number of hydrogen-bond acceptors (Lipinski definition) is 9. The van der Waals surface area contributed by atoms with E-state index in [9.17, 15) is 19.3 Å². The lowest BCUT2D eigenvalue weighted by Crippen LogP contribution is -2.58. The van der Waals surface area contributed by atoms with Crippen LogP contribution in [0, 0.1) is 11.8 Å². The molecule has 0 aromatic carbocycles. The predicted octanol–water partition coefficient (Wildman–Crippen LogP) is -1.10. The molecule has 0 aromatic heterocycles. The van der Waals surface area contributed by atoms with Crippen molar-refractivity contribution in [2.75, 3.05) is 0 Å². The lowest BCUT2D eigenvalue weighted by atomic mass is 9.74. The largest absolute Gasteiger partial charge is 0.470 e. The lowest BCUT2D eigenvalue weighted by molar-refractivity contribution is -0.465. The number of aliphatic hydroxyl groups excluding tert-OH is 2. The summed E-state index contributed by atoms with van der Waals surface area (Å²) in [5.41, 5.74) is 0. The molecule has 140 valence electrons. The average Bonchev–Trinajstić information content (AvgIpc) is 2.36. The second-order valence-corrected chi connectivity index (χ2v) is 7.29. The van der Waals surface area contributed by atoms with Gasteiger partial charge in [-0.15, -0.1) is 0 Å². The molecular formula is C8H20O13P2. The van der Waals surface area contributed by atoms with Crippen LogP contribution in [0.1, 0.15) is 13.8 Å². The van der Waals surface area contributed by atoms with Crippen molar-refractivity contribution in [3.63, 3.8) is 0 Å². The molecule has 6 atom stereocenters. The van der Waals surface area contributed by atoms with Crippen molar-refractivity contribution < 1.29 is 63.5 Å². The van der Waals surface area contributed by atoms with E-state index in [0.717, 1.165) is 0 Å². The normalized spacial score (nSPS) is 35.4. The van der Waals surface area contributed by atoms with Gasteiger partial charge in [-0.1, -0.05) is 18.9 Å². The lowest BCUT2D eigenvalue weighted by Gasteiger charge is -2.44. The van der Waals surface area contributed by atoms with Crippen molar-refractivity contribution in [1.29, 1.82) is 0 Å². The summed E-state index contributed by atoms with van der Waals surface area (Å²) >= 11 is 0. The maximum atomic E-state index is 10.9. The first-order chi connectivity index (χ1) is 10.2. The van der Waals surface area contributed by atoms with E-state index < -0.39 is 51.9 Å². The van der Waals surface area contributed by atoms with E-state index in [0.29, 0.717) is 0 Å². The summed E-state index contributed by atoms with van der Waals surface area (Å²) in [6.45, 7) is 3.00. The third-order valence-electron chi connectivity index (χ3n) is 3.42. The van der Waals surface area contributed by atoms with E-state index >= 15 is 0 Å². The van der Waals surface area contributed by atoms with E-state index in [2.05, 4.69) is 14.1 Å². The maximum absolute atomic E-state index is 10.9. The van der Waals surface area contributed by atoms with Gasteiger partial charge in [0.2, 0.25) is 0 Å². The SMILES string of the molecule is CC1C(C)C(O)C(OP(=O)(O)O)C(OP(=O)(O)O)C1O.OOO. The minimum Gasteiger partial charge on any atom is -0.390 e. The van der Waals surface area contributed by atoms with Gasteiger partial charge in [-0.05, 0) is 11.8 Å². The quantitative estimate of drug-likeness (QED) is 0.163. The summed E-state index contributed by atoms with van der Waals surface area (Å²) in [7, 11) is -10.1. The molecule has 0 amide bonds. The zero-order valence-electron chi connectivity index (χ0n) is 12.0. The summed E-state index contributed by atoms with van der Waals surface area (Å²) < 4.78 is 30.4. The van der Waals surface area contributed by atoms with E-state index in [1.54, 1.807) is 0 Å². The number of aliphatic hydroxyl groups is 2. The fourth-order valence-corrected chi connectivity index (χ4v) is 3.29. The molecule has 0 heterocycles. The van der Waals surface area contributed by atoms with Crippen LogP contribution in [0.2, 0.25) is 0 Å². The third-order valence-corrected chi connectivity index (χ3v) is 4.46. The minimum absolute atomic E-state index is 0.627. The highest BCUT2D eigenvalue weighted by Crippen LogP contribution is 2.48. The monoisotopic (exact) mass is 386 g/mol. The standard InChI is InChI=1S/C8H18O10P2.H2O3/c1-3-4(2)6(10)8(18-20(14,15)16)7(5(3)9)17-19(11,12)13;1-3-2/h3-10H,1-2H3,(H2,11,12,13)(H2,14,15,16);1-2H. The Morgan fingerprint density at radius 3 is 1.13 bits per heavy atom. The number of phosphoric acid groups is 2.